The molecule has 0 bridgehead atoms. The Balaban J connectivity index is 2.78. The Kier molecular flexibility index (Phi) is 6.07. The van der Waals surface area contributed by atoms with Gasteiger partial charge in [-0.2, -0.15) is 5.26 Å². The van der Waals surface area contributed by atoms with Gasteiger partial charge in [0.05, 0.1) is 24.8 Å². The number of rotatable bonds is 7. The molecule has 0 heterocycles. The van der Waals surface area contributed by atoms with Crippen LogP contribution < -0.4 is 9.47 Å². The van der Waals surface area contributed by atoms with Gasteiger partial charge in [0.15, 0.2) is 11.5 Å². The van der Waals surface area contributed by atoms with Crippen molar-refractivity contribution < 1.29 is 9.47 Å². The van der Waals surface area contributed by atoms with Gasteiger partial charge in [-0.05, 0) is 25.0 Å². The summed E-state index contributed by atoms with van der Waals surface area (Å²) in [6.45, 7) is 7.51. The van der Waals surface area contributed by atoms with Gasteiger partial charge in [0.2, 0.25) is 0 Å². The smallest absolute Gasteiger partial charge is 0.162 e. The molecule has 3 nitrogen and oxygen atoms in total. The number of ether oxygens (including phenoxy) is 2. The van der Waals surface area contributed by atoms with Gasteiger partial charge in [0.25, 0.3) is 0 Å². The SMILES string of the molecule is CCOc1cc(C#N)ccc1OCC(CC)CC. The lowest BCUT2D eigenvalue weighted by Gasteiger charge is -2.16. The van der Waals surface area contributed by atoms with Gasteiger partial charge < -0.3 is 9.47 Å². The summed E-state index contributed by atoms with van der Waals surface area (Å²) in [5, 5.41) is 8.87. The number of nitrogens with zero attached hydrogens (tertiary/aromatic N) is 1. The first-order chi connectivity index (χ1) is 8.74. The highest BCUT2D eigenvalue weighted by molar-refractivity contribution is 5.46. The Morgan fingerprint density at radius 2 is 1.83 bits per heavy atom. The highest BCUT2D eigenvalue weighted by Crippen LogP contribution is 2.29. The number of benzene rings is 1. The van der Waals surface area contributed by atoms with Crippen LogP contribution >= 0.6 is 0 Å². The van der Waals surface area contributed by atoms with Crippen LogP contribution in [0.3, 0.4) is 0 Å². The second kappa shape index (κ2) is 7.60. The van der Waals surface area contributed by atoms with E-state index >= 15 is 0 Å². The van der Waals surface area contributed by atoms with Crippen molar-refractivity contribution in [1.29, 1.82) is 5.26 Å². The van der Waals surface area contributed by atoms with Gasteiger partial charge in [-0.25, -0.2) is 0 Å². The molecular weight excluding hydrogens is 226 g/mol. The average Bonchev–Trinajstić information content (AvgIpc) is 2.41. The summed E-state index contributed by atoms with van der Waals surface area (Å²) in [6, 6.07) is 7.40. The molecule has 0 aliphatic carbocycles. The first-order valence-electron chi connectivity index (χ1n) is 6.54. The van der Waals surface area contributed by atoms with E-state index in [2.05, 4.69) is 19.9 Å². The van der Waals surface area contributed by atoms with Crippen LogP contribution in [0.4, 0.5) is 0 Å². The summed E-state index contributed by atoms with van der Waals surface area (Å²) in [5.41, 5.74) is 0.591. The maximum Gasteiger partial charge on any atom is 0.162 e. The molecule has 0 amide bonds. The van der Waals surface area contributed by atoms with E-state index in [1.165, 1.54) is 0 Å². The molecule has 1 aromatic carbocycles. The number of nitriles is 1. The minimum Gasteiger partial charge on any atom is -0.490 e. The van der Waals surface area contributed by atoms with E-state index in [1.54, 1.807) is 12.1 Å². The summed E-state index contributed by atoms with van der Waals surface area (Å²) in [6.07, 6.45) is 2.22. The van der Waals surface area contributed by atoms with Crippen molar-refractivity contribution in [2.45, 2.75) is 33.6 Å². The quantitative estimate of drug-likeness (QED) is 0.736. The first kappa shape index (κ1) is 14.4. The van der Waals surface area contributed by atoms with E-state index < -0.39 is 0 Å². The molecule has 0 aromatic heterocycles. The van der Waals surface area contributed by atoms with Crippen LogP contribution in [0.5, 0.6) is 11.5 Å². The molecule has 0 unspecified atom stereocenters. The zero-order valence-electron chi connectivity index (χ0n) is 11.4. The molecule has 0 spiro atoms. The lowest BCUT2D eigenvalue weighted by atomic mass is 10.1. The summed E-state index contributed by atoms with van der Waals surface area (Å²) < 4.78 is 11.3. The van der Waals surface area contributed by atoms with Crippen LogP contribution in [0.25, 0.3) is 0 Å². The molecule has 0 aliphatic heterocycles. The van der Waals surface area contributed by atoms with Gasteiger partial charge in [0.1, 0.15) is 0 Å². The lowest BCUT2D eigenvalue weighted by Crippen LogP contribution is -2.11. The molecule has 0 saturated carbocycles. The van der Waals surface area contributed by atoms with Crippen molar-refractivity contribution in [3.8, 4) is 17.6 Å². The fourth-order valence-electron chi connectivity index (χ4n) is 1.70. The van der Waals surface area contributed by atoms with E-state index in [0.29, 0.717) is 30.4 Å². The van der Waals surface area contributed by atoms with Crippen LogP contribution in [-0.2, 0) is 0 Å². The fourth-order valence-corrected chi connectivity index (χ4v) is 1.70. The van der Waals surface area contributed by atoms with Crippen LogP contribution in [0.15, 0.2) is 18.2 Å². The normalized spacial score (nSPS) is 10.2. The van der Waals surface area contributed by atoms with Crippen molar-refractivity contribution in [2.24, 2.45) is 5.92 Å². The van der Waals surface area contributed by atoms with Crippen molar-refractivity contribution in [3.63, 3.8) is 0 Å². The maximum absolute atomic E-state index is 8.87. The predicted molar refractivity (Wildman–Crippen MR) is 71.9 cm³/mol. The maximum atomic E-state index is 8.87. The van der Waals surface area contributed by atoms with Gasteiger partial charge in [-0.1, -0.05) is 26.7 Å². The minimum absolute atomic E-state index is 0.565. The third-order valence-corrected chi connectivity index (χ3v) is 3.00. The Morgan fingerprint density at radius 1 is 1.11 bits per heavy atom. The molecule has 3 heteroatoms. The van der Waals surface area contributed by atoms with E-state index in [9.17, 15) is 0 Å². The Labute approximate surface area is 109 Å². The molecule has 0 atom stereocenters. The minimum atomic E-state index is 0.565. The monoisotopic (exact) mass is 247 g/mol. The van der Waals surface area contributed by atoms with E-state index in [1.807, 2.05) is 13.0 Å². The Bertz CT molecular complexity index is 405. The van der Waals surface area contributed by atoms with E-state index in [0.717, 1.165) is 18.6 Å². The van der Waals surface area contributed by atoms with Crippen LogP contribution in [-0.4, -0.2) is 13.2 Å². The Hall–Kier alpha value is -1.69. The topological polar surface area (TPSA) is 42.2 Å². The largest absolute Gasteiger partial charge is 0.490 e. The van der Waals surface area contributed by atoms with Gasteiger partial charge in [-0.15, -0.1) is 0 Å². The molecule has 0 fully saturated rings. The van der Waals surface area contributed by atoms with Gasteiger partial charge >= 0.3 is 0 Å². The predicted octanol–water partition coefficient (Wildman–Crippen LogP) is 3.77. The molecule has 98 valence electrons. The van der Waals surface area contributed by atoms with Crippen molar-refractivity contribution >= 4 is 0 Å². The van der Waals surface area contributed by atoms with Crippen molar-refractivity contribution in [2.75, 3.05) is 13.2 Å². The zero-order chi connectivity index (χ0) is 13.4. The van der Waals surface area contributed by atoms with E-state index in [4.69, 9.17) is 14.7 Å². The lowest BCUT2D eigenvalue weighted by molar-refractivity contribution is 0.225. The summed E-state index contributed by atoms with van der Waals surface area (Å²) in [7, 11) is 0. The van der Waals surface area contributed by atoms with Crippen molar-refractivity contribution in [1.82, 2.24) is 0 Å². The second-order valence-corrected chi connectivity index (χ2v) is 4.20. The molecule has 0 saturated heterocycles. The fraction of sp³-hybridized carbons (Fsp3) is 0.533. The van der Waals surface area contributed by atoms with Crippen LogP contribution in [0, 0.1) is 17.2 Å². The molecular formula is C15H21NO2. The molecule has 18 heavy (non-hydrogen) atoms. The number of hydrogen-bond acceptors (Lipinski definition) is 3. The summed E-state index contributed by atoms with van der Waals surface area (Å²) in [5.74, 6) is 1.94. The standard InChI is InChI=1S/C15H21NO2/c1-4-12(5-2)11-18-14-8-7-13(10-16)9-15(14)17-6-3/h7-9,12H,4-6,11H2,1-3H3. The van der Waals surface area contributed by atoms with E-state index in [-0.39, 0.29) is 0 Å². The van der Waals surface area contributed by atoms with Gasteiger partial charge in [0, 0.05) is 6.07 Å². The zero-order valence-corrected chi connectivity index (χ0v) is 11.4. The second-order valence-electron chi connectivity index (χ2n) is 4.20. The van der Waals surface area contributed by atoms with Gasteiger partial charge in [-0.3, -0.25) is 0 Å². The Morgan fingerprint density at radius 3 is 2.39 bits per heavy atom. The highest BCUT2D eigenvalue weighted by atomic mass is 16.5. The highest BCUT2D eigenvalue weighted by Gasteiger charge is 2.09. The third kappa shape index (κ3) is 3.96. The van der Waals surface area contributed by atoms with Crippen molar-refractivity contribution in [3.05, 3.63) is 23.8 Å². The average molecular weight is 247 g/mol. The molecule has 0 aliphatic rings. The van der Waals surface area contributed by atoms with Crippen LogP contribution in [0.1, 0.15) is 39.2 Å². The van der Waals surface area contributed by atoms with Crippen LogP contribution in [0.2, 0.25) is 0 Å². The summed E-state index contributed by atoms with van der Waals surface area (Å²) >= 11 is 0. The summed E-state index contributed by atoms with van der Waals surface area (Å²) in [4.78, 5) is 0. The first-order valence-corrected chi connectivity index (χ1v) is 6.54. The molecule has 1 aromatic rings. The molecule has 0 N–H and O–H groups in total. The molecule has 0 radical (unpaired) electrons. The third-order valence-electron chi connectivity index (χ3n) is 3.00. The molecule has 1 rings (SSSR count). The number of hydrogen-bond donors (Lipinski definition) is 0.